The molecule has 0 aliphatic rings. The standard InChI is InChI=1S/C15H12F2INO3/c1-2-22-14(20)4-3-5-19-8-13(18)9-6-11(16)12(17)7-10(9)15(19)21/h3-4,6-8H,2,5H2,1H3. The number of ether oxygens (including phenoxy) is 1. The molecular weight excluding hydrogens is 407 g/mol. The minimum absolute atomic E-state index is 0.0929. The highest BCUT2D eigenvalue weighted by Crippen LogP contribution is 2.20. The SMILES string of the molecule is CCOC(=O)C=CCn1cc(I)c2cc(F)c(F)cc2c1=O. The average molecular weight is 419 g/mol. The number of carbonyl (C=O) groups excluding carboxylic acids is 1. The normalized spacial score (nSPS) is 11.3. The van der Waals surface area contributed by atoms with Crippen molar-refractivity contribution < 1.29 is 18.3 Å². The van der Waals surface area contributed by atoms with Crippen LogP contribution in [0.4, 0.5) is 8.78 Å². The third-order valence-electron chi connectivity index (χ3n) is 2.92. The van der Waals surface area contributed by atoms with Crippen LogP contribution in [0.25, 0.3) is 10.8 Å². The highest BCUT2D eigenvalue weighted by atomic mass is 127. The Morgan fingerprint density at radius 3 is 2.59 bits per heavy atom. The Hall–Kier alpha value is -1.77. The molecule has 0 bridgehead atoms. The van der Waals surface area contributed by atoms with Gasteiger partial charge in [-0.2, -0.15) is 0 Å². The third kappa shape index (κ3) is 3.52. The van der Waals surface area contributed by atoms with Crippen LogP contribution in [0, 0.1) is 15.2 Å². The van der Waals surface area contributed by atoms with Gasteiger partial charge >= 0.3 is 5.97 Å². The Morgan fingerprint density at radius 1 is 1.32 bits per heavy atom. The van der Waals surface area contributed by atoms with Gasteiger partial charge in [-0.05, 0) is 41.6 Å². The molecule has 0 saturated heterocycles. The van der Waals surface area contributed by atoms with Crippen molar-refractivity contribution in [3.05, 3.63) is 56.0 Å². The van der Waals surface area contributed by atoms with Crippen molar-refractivity contribution >= 4 is 39.3 Å². The van der Waals surface area contributed by atoms with E-state index in [1.54, 1.807) is 6.92 Å². The molecule has 116 valence electrons. The number of hydrogen-bond acceptors (Lipinski definition) is 3. The van der Waals surface area contributed by atoms with Crippen molar-refractivity contribution in [3.63, 3.8) is 0 Å². The van der Waals surface area contributed by atoms with Gasteiger partial charge in [0.05, 0.1) is 12.0 Å². The van der Waals surface area contributed by atoms with Crippen LogP contribution < -0.4 is 5.56 Å². The number of carbonyl (C=O) groups is 1. The number of rotatable bonds is 4. The van der Waals surface area contributed by atoms with Gasteiger partial charge in [0.15, 0.2) is 11.6 Å². The molecule has 2 rings (SSSR count). The lowest BCUT2D eigenvalue weighted by atomic mass is 10.1. The van der Waals surface area contributed by atoms with Gasteiger partial charge < -0.3 is 9.30 Å². The number of nitrogens with zero attached hydrogens (tertiary/aromatic N) is 1. The number of aromatic nitrogens is 1. The summed E-state index contributed by atoms with van der Waals surface area (Å²) in [5.41, 5.74) is -0.456. The Balaban J connectivity index is 2.40. The lowest BCUT2D eigenvalue weighted by molar-refractivity contribution is -0.137. The van der Waals surface area contributed by atoms with Gasteiger partial charge in [-0.3, -0.25) is 4.79 Å². The lowest BCUT2D eigenvalue weighted by Crippen LogP contribution is -2.20. The zero-order valence-electron chi connectivity index (χ0n) is 11.6. The van der Waals surface area contributed by atoms with Crippen LogP contribution in [-0.4, -0.2) is 17.1 Å². The van der Waals surface area contributed by atoms with E-state index in [0.717, 1.165) is 12.1 Å². The number of hydrogen-bond donors (Lipinski definition) is 0. The Labute approximate surface area is 138 Å². The lowest BCUT2D eigenvalue weighted by Gasteiger charge is -2.07. The molecule has 0 aliphatic heterocycles. The van der Waals surface area contributed by atoms with E-state index in [4.69, 9.17) is 4.74 Å². The molecule has 0 N–H and O–H groups in total. The highest BCUT2D eigenvalue weighted by molar-refractivity contribution is 14.1. The molecule has 1 aromatic heterocycles. The van der Waals surface area contributed by atoms with Crippen molar-refractivity contribution in [2.24, 2.45) is 0 Å². The van der Waals surface area contributed by atoms with Crippen molar-refractivity contribution in [2.45, 2.75) is 13.5 Å². The maximum Gasteiger partial charge on any atom is 0.330 e. The topological polar surface area (TPSA) is 48.3 Å². The fourth-order valence-electron chi connectivity index (χ4n) is 1.93. The summed E-state index contributed by atoms with van der Waals surface area (Å²) in [6.45, 7) is 2.08. The van der Waals surface area contributed by atoms with Gasteiger partial charge in [0, 0.05) is 27.8 Å². The molecule has 1 heterocycles. The average Bonchev–Trinajstić information content (AvgIpc) is 2.46. The van der Waals surface area contributed by atoms with Crippen LogP contribution in [0.3, 0.4) is 0 Å². The molecule has 2 aromatic rings. The van der Waals surface area contributed by atoms with E-state index < -0.39 is 23.2 Å². The molecule has 0 fully saturated rings. The maximum absolute atomic E-state index is 13.3. The first kappa shape index (κ1) is 16.6. The van der Waals surface area contributed by atoms with E-state index in [0.29, 0.717) is 8.96 Å². The van der Waals surface area contributed by atoms with Crippen molar-refractivity contribution in [2.75, 3.05) is 6.61 Å². The zero-order valence-corrected chi connectivity index (χ0v) is 13.8. The summed E-state index contributed by atoms with van der Waals surface area (Å²) < 4.78 is 33.3. The van der Waals surface area contributed by atoms with Crippen LogP contribution in [0.2, 0.25) is 0 Å². The zero-order chi connectivity index (χ0) is 16.3. The van der Waals surface area contributed by atoms with Crippen LogP contribution in [0.1, 0.15) is 6.92 Å². The van der Waals surface area contributed by atoms with E-state index >= 15 is 0 Å². The molecule has 0 amide bonds. The second-order valence-corrected chi connectivity index (χ2v) is 5.56. The van der Waals surface area contributed by atoms with E-state index in [2.05, 4.69) is 0 Å². The van der Waals surface area contributed by atoms with Gasteiger partial charge in [-0.15, -0.1) is 0 Å². The molecule has 0 atom stereocenters. The third-order valence-corrected chi connectivity index (χ3v) is 3.78. The number of halogens is 3. The second kappa shape index (κ2) is 6.99. The largest absolute Gasteiger partial charge is 0.463 e. The van der Waals surface area contributed by atoms with E-state index in [1.807, 2.05) is 22.6 Å². The summed E-state index contributed by atoms with van der Waals surface area (Å²) >= 11 is 1.94. The summed E-state index contributed by atoms with van der Waals surface area (Å²) in [4.78, 5) is 23.5. The number of pyridine rings is 1. The monoisotopic (exact) mass is 419 g/mol. The Bertz CT molecular complexity index is 815. The Kier molecular flexibility index (Phi) is 5.28. The second-order valence-electron chi connectivity index (χ2n) is 4.40. The molecule has 0 spiro atoms. The number of fused-ring (bicyclic) bond motifs is 1. The minimum Gasteiger partial charge on any atom is -0.463 e. The summed E-state index contributed by atoms with van der Waals surface area (Å²) in [7, 11) is 0. The first-order chi connectivity index (χ1) is 10.4. The predicted molar refractivity (Wildman–Crippen MR) is 86.6 cm³/mol. The van der Waals surface area contributed by atoms with Crippen LogP contribution in [0.15, 0.2) is 35.3 Å². The molecule has 7 heteroatoms. The molecule has 1 aromatic carbocycles. The summed E-state index contributed by atoms with van der Waals surface area (Å²) in [6, 6.07) is 1.90. The molecule has 4 nitrogen and oxygen atoms in total. The summed E-state index contributed by atoms with van der Waals surface area (Å²) in [6.07, 6.45) is 4.22. The maximum atomic E-state index is 13.3. The molecule has 0 radical (unpaired) electrons. The van der Waals surface area contributed by atoms with E-state index in [9.17, 15) is 18.4 Å². The van der Waals surface area contributed by atoms with Crippen molar-refractivity contribution in [1.29, 1.82) is 0 Å². The van der Waals surface area contributed by atoms with Crippen LogP contribution >= 0.6 is 22.6 Å². The van der Waals surface area contributed by atoms with E-state index in [1.165, 1.54) is 22.9 Å². The quantitative estimate of drug-likeness (QED) is 0.435. The molecule has 0 saturated carbocycles. The number of benzene rings is 1. The van der Waals surface area contributed by atoms with Crippen LogP contribution in [-0.2, 0) is 16.1 Å². The van der Waals surface area contributed by atoms with Gasteiger partial charge in [-0.1, -0.05) is 6.08 Å². The first-order valence-corrected chi connectivity index (χ1v) is 7.53. The smallest absolute Gasteiger partial charge is 0.330 e. The van der Waals surface area contributed by atoms with E-state index in [-0.39, 0.29) is 18.5 Å². The minimum atomic E-state index is -1.07. The molecular formula is C15H12F2INO3. The fraction of sp³-hybridized carbons (Fsp3) is 0.200. The number of esters is 1. The van der Waals surface area contributed by atoms with Gasteiger partial charge in [0.1, 0.15) is 0 Å². The van der Waals surface area contributed by atoms with Gasteiger partial charge in [0.25, 0.3) is 5.56 Å². The van der Waals surface area contributed by atoms with Gasteiger partial charge in [0.2, 0.25) is 0 Å². The molecule has 22 heavy (non-hydrogen) atoms. The number of allylic oxidation sites excluding steroid dienone is 1. The van der Waals surface area contributed by atoms with Gasteiger partial charge in [-0.25, -0.2) is 13.6 Å². The Morgan fingerprint density at radius 2 is 1.95 bits per heavy atom. The van der Waals surface area contributed by atoms with Crippen molar-refractivity contribution in [3.8, 4) is 0 Å². The first-order valence-electron chi connectivity index (χ1n) is 6.45. The summed E-state index contributed by atoms with van der Waals surface area (Å²) in [5.74, 6) is -2.57. The predicted octanol–water partition coefficient (Wildman–Crippen LogP) is 3.00. The molecule has 0 unspecified atom stereocenters. The highest BCUT2D eigenvalue weighted by Gasteiger charge is 2.11. The van der Waals surface area contributed by atoms with Crippen molar-refractivity contribution in [1.82, 2.24) is 4.57 Å². The summed E-state index contributed by atoms with van der Waals surface area (Å²) in [5, 5.41) is 0.449. The van der Waals surface area contributed by atoms with Crippen LogP contribution in [0.5, 0.6) is 0 Å². The molecule has 0 aliphatic carbocycles. The fourth-order valence-corrected chi connectivity index (χ4v) is 2.71.